The summed E-state index contributed by atoms with van der Waals surface area (Å²) in [7, 11) is 2.00. The minimum Gasteiger partial charge on any atom is -0.371 e. The number of morpholine rings is 1. The Kier molecular flexibility index (Phi) is 4.41. The molecular weight excluding hydrogens is 350 g/mol. The van der Waals surface area contributed by atoms with Gasteiger partial charge < -0.3 is 14.6 Å². The summed E-state index contributed by atoms with van der Waals surface area (Å²) in [4.78, 5) is 15.4. The van der Waals surface area contributed by atoms with Crippen LogP contribution in [-0.4, -0.2) is 47.2 Å². The number of aryl methyl sites for hydroxylation is 1. The normalized spacial score (nSPS) is 25.0. The first-order valence-electron chi connectivity index (χ1n) is 9.94. The van der Waals surface area contributed by atoms with Gasteiger partial charge in [0, 0.05) is 54.9 Å². The number of amides is 1. The molecule has 5 nitrogen and oxygen atoms in total. The third kappa shape index (κ3) is 3.11. The number of ether oxygens (including phenoxy) is 1. The van der Waals surface area contributed by atoms with Crippen LogP contribution in [0.4, 0.5) is 0 Å². The summed E-state index contributed by atoms with van der Waals surface area (Å²) in [5.41, 5.74) is 3.06. The Hall–Kier alpha value is -2.63. The molecule has 3 aromatic rings. The van der Waals surface area contributed by atoms with Crippen LogP contribution in [0.1, 0.15) is 28.4 Å². The van der Waals surface area contributed by atoms with Crippen molar-refractivity contribution in [1.82, 2.24) is 14.8 Å². The number of fused-ring (bicyclic) bond motifs is 2. The number of carbonyl (C=O) groups excluding carboxylic acids is 1. The number of benzene rings is 2. The van der Waals surface area contributed by atoms with Gasteiger partial charge in [0.25, 0.3) is 5.91 Å². The number of nitrogens with one attached hydrogen (secondary N) is 1. The van der Waals surface area contributed by atoms with Crippen LogP contribution in [0.25, 0.3) is 10.9 Å². The first-order chi connectivity index (χ1) is 13.7. The van der Waals surface area contributed by atoms with E-state index in [1.165, 1.54) is 5.56 Å². The number of hydrogen-bond donors (Lipinski definition) is 1. The van der Waals surface area contributed by atoms with Gasteiger partial charge in [-0.3, -0.25) is 9.69 Å². The van der Waals surface area contributed by atoms with Crippen LogP contribution in [-0.2, 0) is 11.8 Å². The van der Waals surface area contributed by atoms with Gasteiger partial charge in [-0.15, -0.1) is 0 Å². The van der Waals surface area contributed by atoms with Gasteiger partial charge in [0.1, 0.15) is 0 Å². The van der Waals surface area contributed by atoms with Crippen LogP contribution in [0.2, 0.25) is 0 Å². The lowest BCUT2D eigenvalue weighted by Gasteiger charge is -2.35. The summed E-state index contributed by atoms with van der Waals surface area (Å²) in [5, 5.41) is 4.27. The predicted octanol–water partition coefficient (Wildman–Crippen LogP) is 3.12. The van der Waals surface area contributed by atoms with Crippen LogP contribution >= 0.6 is 0 Å². The van der Waals surface area contributed by atoms with Crippen molar-refractivity contribution >= 4 is 16.8 Å². The molecule has 2 saturated heterocycles. The SMILES string of the molecule is Cn1ccc2c(C(=O)N[C@@H]3C[C@H]4CO[C@@H](c5ccccc5)CN4C3)cccc21. The Morgan fingerprint density at radius 2 is 1.93 bits per heavy atom. The Morgan fingerprint density at radius 1 is 1.07 bits per heavy atom. The molecule has 5 rings (SSSR count). The van der Waals surface area contributed by atoms with Gasteiger partial charge in [-0.1, -0.05) is 36.4 Å². The van der Waals surface area contributed by atoms with Crippen LogP contribution in [0.3, 0.4) is 0 Å². The molecule has 0 radical (unpaired) electrons. The summed E-state index contributed by atoms with van der Waals surface area (Å²) >= 11 is 0. The first-order valence-corrected chi connectivity index (χ1v) is 9.94. The van der Waals surface area contributed by atoms with Crippen LogP contribution < -0.4 is 5.32 Å². The molecule has 3 atom stereocenters. The summed E-state index contributed by atoms with van der Waals surface area (Å²) in [6.07, 6.45) is 3.06. The monoisotopic (exact) mass is 375 g/mol. The standard InChI is InChI=1S/C23H25N3O2/c1-25-11-10-19-20(8-5-9-21(19)25)23(27)24-17-12-18-15-28-22(14-26(18)13-17)16-6-3-2-4-7-16/h2-11,17-18,22H,12-15H2,1H3,(H,24,27)/t17-,18+,22-/m1/s1. The molecule has 2 fully saturated rings. The van der Waals surface area contributed by atoms with E-state index in [4.69, 9.17) is 4.74 Å². The third-order valence-electron chi connectivity index (χ3n) is 6.10. The van der Waals surface area contributed by atoms with E-state index in [-0.39, 0.29) is 18.1 Å². The van der Waals surface area contributed by atoms with Gasteiger partial charge in [0.15, 0.2) is 0 Å². The number of carbonyl (C=O) groups is 1. The molecule has 2 aromatic carbocycles. The van der Waals surface area contributed by atoms with Crippen molar-refractivity contribution in [2.45, 2.75) is 24.6 Å². The van der Waals surface area contributed by atoms with Crippen LogP contribution in [0, 0.1) is 0 Å². The van der Waals surface area contributed by atoms with Crippen molar-refractivity contribution in [2.24, 2.45) is 7.05 Å². The Morgan fingerprint density at radius 3 is 2.79 bits per heavy atom. The van der Waals surface area contributed by atoms with Gasteiger partial charge in [-0.25, -0.2) is 0 Å². The molecule has 0 aliphatic carbocycles. The quantitative estimate of drug-likeness (QED) is 0.765. The molecule has 0 unspecified atom stereocenters. The number of nitrogens with zero attached hydrogens (tertiary/aromatic N) is 2. The fourth-order valence-corrected chi connectivity index (χ4v) is 4.61. The minimum absolute atomic E-state index is 0.0159. The van der Waals surface area contributed by atoms with E-state index in [9.17, 15) is 4.79 Å². The summed E-state index contributed by atoms with van der Waals surface area (Å²) in [5.74, 6) is 0.0159. The molecule has 0 spiro atoms. The zero-order valence-electron chi connectivity index (χ0n) is 16.0. The topological polar surface area (TPSA) is 46.5 Å². The smallest absolute Gasteiger partial charge is 0.252 e. The van der Waals surface area contributed by atoms with Gasteiger partial charge in [-0.2, -0.15) is 0 Å². The van der Waals surface area contributed by atoms with E-state index in [2.05, 4.69) is 34.5 Å². The average molecular weight is 375 g/mol. The van der Waals surface area contributed by atoms with Gasteiger partial charge in [-0.05, 0) is 30.2 Å². The molecule has 0 bridgehead atoms. The maximum atomic E-state index is 12.9. The zero-order chi connectivity index (χ0) is 19.1. The van der Waals surface area contributed by atoms with Crippen molar-refractivity contribution < 1.29 is 9.53 Å². The lowest BCUT2D eigenvalue weighted by atomic mass is 10.1. The predicted molar refractivity (Wildman–Crippen MR) is 109 cm³/mol. The molecule has 2 aliphatic rings. The van der Waals surface area contributed by atoms with Crippen molar-refractivity contribution in [1.29, 1.82) is 0 Å². The van der Waals surface area contributed by atoms with E-state index in [1.54, 1.807) is 0 Å². The summed E-state index contributed by atoms with van der Waals surface area (Å²) < 4.78 is 8.16. The van der Waals surface area contributed by atoms with Crippen molar-refractivity contribution in [3.63, 3.8) is 0 Å². The zero-order valence-corrected chi connectivity index (χ0v) is 16.0. The molecule has 1 N–H and O–H groups in total. The molecule has 1 amide bonds. The second-order valence-corrected chi connectivity index (χ2v) is 7.91. The lowest BCUT2D eigenvalue weighted by molar-refractivity contribution is -0.0502. The number of rotatable bonds is 3. The highest BCUT2D eigenvalue weighted by Crippen LogP contribution is 2.30. The molecule has 28 heavy (non-hydrogen) atoms. The average Bonchev–Trinajstić information content (AvgIpc) is 3.31. The maximum absolute atomic E-state index is 12.9. The van der Waals surface area contributed by atoms with E-state index in [0.29, 0.717) is 6.04 Å². The van der Waals surface area contributed by atoms with Crippen molar-refractivity contribution in [2.75, 3.05) is 19.7 Å². The summed E-state index contributed by atoms with van der Waals surface area (Å²) in [6.45, 7) is 2.49. The van der Waals surface area contributed by atoms with E-state index < -0.39 is 0 Å². The highest BCUT2D eigenvalue weighted by atomic mass is 16.5. The van der Waals surface area contributed by atoms with E-state index >= 15 is 0 Å². The lowest BCUT2D eigenvalue weighted by Crippen LogP contribution is -2.43. The van der Waals surface area contributed by atoms with Crippen LogP contribution in [0.15, 0.2) is 60.8 Å². The molecule has 0 saturated carbocycles. The van der Waals surface area contributed by atoms with Gasteiger partial charge >= 0.3 is 0 Å². The maximum Gasteiger partial charge on any atom is 0.252 e. The minimum atomic E-state index is 0.0159. The molecule has 144 valence electrons. The number of hydrogen-bond acceptors (Lipinski definition) is 3. The van der Waals surface area contributed by atoms with Crippen LogP contribution in [0.5, 0.6) is 0 Å². The Bertz CT molecular complexity index is 998. The molecular formula is C23H25N3O2. The van der Waals surface area contributed by atoms with Crippen molar-refractivity contribution in [3.05, 3.63) is 71.9 Å². The highest BCUT2D eigenvalue weighted by molar-refractivity contribution is 6.06. The molecule has 1 aromatic heterocycles. The van der Waals surface area contributed by atoms with E-state index in [1.807, 2.05) is 48.1 Å². The second-order valence-electron chi connectivity index (χ2n) is 7.91. The fourth-order valence-electron chi connectivity index (χ4n) is 4.61. The fraction of sp³-hybridized carbons (Fsp3) is 0.348. The third-order valence-corrected chi connectivity index (χ3v) is 6.10. The highest BCUT2D eigenvalue weighted by Gasteiger charge is 2.38. The second kappa shape index (κ2) is 7.08. The first kappa shape index (κ1) is 17.5. The van der Waals surface area contributed by atoms with Gasteiger partial charge in [0.2, 0.25) is 0 Å². The van der Waals surface area contributed by atoms with Crippen molar-refractivity contribution in [3.8, 4) is 0 Å². The molecule has 5 heteroatoms. The Labute approximate surface area is 164 Å². The Balaban J connectivity index is 1.27. The van der Waals surface area contributed by atoms with Gasteiger partial charge in [0.05, 0.1) is 12.7 Å². The largest absolute Gasteiger partial charge is 0.371 e. The van der Waals surface area contributed by atoms with E-state index in [0.717, 1.165) is 42.6 Å². The molecule has 3 heterocycles. The summed E-state index contributed by atoms with van der Waals surface area (Å²) in [6, 6.07) is 18.9. The molecule has 2 aliphatic heterocycles. The number of aromatic nitrogens is 1.